The van der Waals surface area contributed by atoms with Crippen LogP contribution in [0.4, 0.5) is 0 Å². The summed E-state index contributed by atoms with van der Waals surface area (Å²) in [4.78, 5) is 10.9. The molecule has 11 heavy (non-hydrogen) atoms. The number of fused-ring (bicyclic) bond motifs is 2. The Morgan fingerprint density at radius 3 is 2.55 bits per heavy atom. The van der Waals surface area contributed by atoms with Gasteiger partial charge in [0, 0.05) is 4.79 Å². The van der Waals surface area contributed by atoms with Gasteiger partial charge in [0.05, 0.1) is 0 Å². The van der Waals surface area contributed by atoms with Gasteiger partial charge in [-0.2, -0.15) is 12.6 Å². The van der Waals surface area contributed by atoms with Crippen LogP contribution in [0.25, 0.3) is 0 Å². The van der Waals surface area contributed by atoms with Crippen LogP contribution >= 0.6 is 12.6 Å². The minimum absolute atomic E-state index is 0.404. The van der Waals surface area contributed by atoms with Gasteiger partial charge in [0.1, 0.15) is 0 Å². The maximum absolute atomic E-state index is 10.9. The first-order chi connectivity index (χ1) is 5.13. The lowest BCUT2D eigenvalue weighted by atomic mass is 9.88. The largest absolute Gasteiger partial charge is 0.564 e. The normalized spacial score (nSPS) is 48.1. The van der Waals surface area contributed by atoms with Crippen LogP contribution in [0, 0.1) is 11.8 Å². The molecule has 2 N–H and O–H groups in total. The Morgan fingerprint density at radius 2 is 2.27 bits per heavy atom. The van der Waals surface area contributed by atoms with Crippen LogP contribution < -0.4 is 0 Å². The van der Waals surface area contributed by atoms with Gasteiger partial charge in [0.15, 0.2) is 4.75 Å². The molecule has 0 aliphatic heterocycles. The Hall–Kier alpha value is -0.180. The van der Waals surface area contributed by atoms with Crippen molar-refractivity contribution in [3.63, 3.8) is 0 Å². The third kappa shape index (κ3) is 0.901. The molecule has 0 aromatic rings. The molecule has 3 atom stereocenters. The van der Waals surface area contributed by atoms with Gasteiger partial charge in [0.25, 0.3) is 0 Å². The van der Waals surface area contributed by atoms with Crippen molar-refractivity contribution in [3.8, 4) is 0 Å². The van der Waals surface area contributed by atoms with Crippen LogP contribution in [0.1, 0.15) is 25.7 Å². The molecule has 0 saturated heterocycles. The Balaban J connectivity index is 2.23. The van der Waals surface area contributed by atoms with Crippen molar-refractivity contribution in [2.75, 3.05) is 0 Å². The van der Waals surface area contributed by atoms with Crippen LogP contribution in [-0.4, -0.2) is 15.8 Å². The summed E-state index contributed by atoms with van der Waals surface area (Å²) >= 11 is 4.34. The second kappa shape index (κ2) is 2.16. The lowest BCUT2D eigenvalue weighted by Crippen LogP contribution is -2.37. The molecule has 2 aliphatic rings. The Morgan fingerprint density at radius 1 is 1.55 bits per heavy atom. The first kappa shape index (κ1) is 7.47. The highest BCUT2D eigenvalue weighted by atomic mass is 32.1. The van der Waals surface area contributed by atoms with Crippen molar-refractivity contribution < 1.29 is 9.90 Å². The van der Waals surface area contributed by atoms with E-state index in [1.54, 1.807) is 0 Å². The third-order valence-corrected chi connectivity index (χ3v) is 3.96. The van der Waals surface area contributed by atoms with Crippen molar-refractivity contribution in [1.82, 2.24) is 0 Å². The quantitative estimate of drug-likeness (QED) is 0.461. The lowest BCUT2D eigenvalue weighted by Gasteiger charge is -2.23. The van der Waals surface area contributed by atoms with Crippen LogP contribution in [0.2, 0.25) is 0 Å². The van der Waals surface area contributed by atoms with E-state index in [4.69, 9.17) is 5.11 Å². The van der Waals surface area contributed by atoms with E-state index in [0.29, 0.717) is 11.8 Å². The number of carbonyl (C=O) groups is 1. The molecule has 2 aliphatic carbocycles. The Kier molecular flexibility index (Phi) is 1.46. The van der Waals surface area contributed by atoms with E-state index in [2.05, 4.69) is 12.6 Å². The van der Waals surface area contributed by atoms with E-state index in [-0.39, 0.29) is 0 Å². The predicted octanol–water partition coefficient (Wildman–Crippen LogP) is 0.726. The summed E-state index contributed by atoms with van der Waals surface area (Å²) in [7, 11) is 0. The van der Waals surface area contributed by atoms with E-state index < -0.39 is 10.7 Å². The van der Waals surface area contributed by atoms with E-state index >= 15 is 0 Å². The molecule has 2 rings (SSSR count). The topological polar surface area (TPSA) is 40.0 Å². The number of carbonyl (C=O) groups excluding carboxylic acids is 1. The summed E-state index contributed by atoms with van der Waals surface area (Å²) in [6.45, 7) is 0. The fourth-order valence-corrected chi connectivity index (χ4v) is 3.07. The van der Waals surface area contributed by atoms with Crippen LogP contribution in [0.3, 0.4) is 0 Å². The maximum atomic E-state index is 10.9. The fourth-order valence-electron chi connectivity index (χ4n) is 2.58. The average Bonchev–Trinajstić information content (AvgIpc) is 2.45. The van der Waals surface area contributed by atoms with Gasteiger partial charge >= 0.3 is 5.97 Å². The van der Waals surface area contributed by atoms with Gasteiger partial charge in [-0.15, -0.1) is 0 Å². The molecule has 2 saturated carbocycles. The zero-order valence-corrected chi connectivity index (χ0v) is 7.23. The standard InChI is InChI=1S/C8H12O2S/c9-7(10)8(11)4-5-1-2-6(8)3-5/h5-6,11H,1-4H2,(H,9,10)/p+1. The molecular formula is C8H13O2S+. The van der Waals surface area contributed by atoms with Gasteiger partial charge in [0.2, 0.25) is 0 Å². The maximum Gasteiger partial charge on any atom is 0.532 e. The van der Waals surface area contributed by atoms with Gasteiger partial charge in [-0.1, -0.05) is 6.42 Å². The smallest absolute Gasteiger partial charge is 0.532 e. The monoisotopic (exact) mass is 173 g/mol. The van der Waals surface area contributed by atoms with Gasteiger partial charge in [-0.05, 0) is 31.1 Å². The summed E-state index contributed by atoms with van der Waals surface area (Å²) in [6, 6.07) is 0. The van der Waals surface area contributed by atoms with Crippen molar-refractivity contribution in [2.24, 2.45) is 11.8 Å². The summed E-state index contributed by atoms with van der Waals surface area (Å²) < 4.78 is -0.567. The highest BCUT2D eigenvalue weighted by Crippen LogP contribution is 2.53. The molecule has 3 heteroatoms. The van der Waals surface area contributed by atoms with E-state index in [1.165, 1.54) is 6.42 Å². The number of rotatable bonds is 1. The van der Waals surface area contributed by atoms with E-state index in [1.807, 2.05) is 0 Å². The Bertz CT molecular complexity index is 204. The van der Waals surface area contributed by atoms with Crippen LogP contribution in [0.15, 0.2) is 0 Å². The van der Waals surface area contributed by atoms with Gasteiger partial charge < -0.3 is 5.11 Å². The van der Waals surface area contributed by atoms with Crippen molar-refractivity contribution in [2.45, 2.75) is 30.4 Å². The molecule has 0 radical (unpaired) electrons. The van der Waals surface area contributed by atoms with E-state index in [0.717, 1.165) is 19.3 Å². The van der Waals surface area contributed by atoms with Crippen molar-refractivity contribution in [1.29, 1.82) is 0 Å². The predicted molar refractivity (Wildman–Crippen MR) is 45.8 cm³/mol. The second-order valence-electron chi connectivity index (χ2n) is 3.83. The molecule has 2 nitrogen and oxygen atoms in total. The molecule has 2 bridgehead atoms. The fraction of sp³-hybridized carbons (Fsp3) is 0.875. The molecule has 62 valence electrons. The SMILES string of the molecule is O=C([OH2+])C1(S)CC2CCC1C2. The molecule has 3 unspecified atom stereocenters. The molecule has 0 spiro atoms. The van der Waals surface area contributed by atoms with Crippen molar-refractivity contribution in [3.05, 3.63) is 0 Å². The molecule has 0 aromatic heterocycles. The lowest BCUT2D eigenvalue weighted by molar-refractivity contribution is -0.141. The highest BCUT2D eigenvalue weighted by molar-refractivity contribution is 7.82. The van der Waals surface area contributed by atoms with Crippen molar-refractivity contribution >= 4 is 18.6 Å². The number of hydrogen-bond donors (Lipinski definition) is 1. The first-order valence-corrected chi connectivity index (χ1v) is 4.56. The van der Waals surface area contributed by atoms with Gasteiger partial charge in [-0.3, -0.25) is 0 Å². The minimum Gasteiger partial charge on any atom is -0.564 e. The summed E-state index contributed by atoms with van der Waals surface area (Å²) in [6.07, 6.45) is 4.34. The summed E-state index contributed by atoms with van der Waals surface area (Å²) in [5, 5.41) is 7.11. The molecule has 0 aromatic carbocycles. The molecular weight excluding hydrogens is 160 g/mol. The van der Waals surface area contributed by atoms with Crippen LogP contribution in [-0.2, 0) is 4.79 Å². The first-order valence-electron chi connectivity index (χ1n) is 4.11. The average molecular weight is 173 g/mol. The third-order valence-electron chi connectivity index (χ3n) is 3.21. The summed E-state index contributed by atoms with van der Waals surface area (Å²) in [5.41, 5.74) is 0. The zero-order chi connectivity index (χ0) is 8.06. The van der Waals surface area contributed by atoms with Gasteiger partial charge in [-0.25, -0.2) is 0 Å². The summed E-state index contributed by atoms with van der Waals surface area (Å²) in [5.74, 6) is 0.626. The highest BCUT2D eigenvalue weighted by Gasteiger charge is 2.57. The second-order valence-corrected chi connectivity index (χ2v) is 4.63. The zero-order valence-electron chi connectivity index (χ0n) is 6.34. The number of thiol groups is 1. The van der Waals surface area contributed by atoms with Crippen LogP contribution in [0.5, 0.6) is 0 Å². The molecule has 0 heterocycles. The Labute approximate surface area is 71.4 Å². The molecule has 0 amide bonds. The van der Waals surface area contributed by atoms with E-state index in [9.17, 15) is 4.79 Å². The molecule has 2 fully saturated rings. The minimum atomic E-state index is -0.567. The number of hydrogen-bond acceptors (Lipinski definition) is 2.